The normalized spacial score (nSPS) is 15.8. The van der Waals surface area contributed by atoms with E-state index in [0.717, 1.165) is 16.7 Å². The molecule has 3 rings (SSSR count). The van der Waals surface area contributed by atoms with Gasteiger partial charge in [-0.2, -0.15) is 0 Å². The number of benzene rings is 2. The Hall–Kier alpha value is -2.93. The Morgan fingerprint density at radius 3 is 2.56 bits per heavy atom. The number of amides is 2. The molecule has 2 aromatic rings. The molecule has 2 aromatic carbocycles. The number of thioether (sulfide) groups is 1. The van der Waals surface area contributed by atoms with Crippen molar-refractivity contribution in [1.29, 1.82) is 0 Å². The average Bonchev–Trinajstić information content (AvgIpc) is 2.88. The molecule has 6 nitrogen and oxygen atoms in total. The second kappa shape index (κ2) is 6.90. The summed E-state index contributed by atoms with van der Waals surface area (Å²) < 4.78 is 10.4. The number of phenols is 1. The zero-order valence-corrected chi connectivity index (χ0v) is 14.4. The van der Waals surface area contributed by atoms with Crippen LogP contribution in [0.5, 0.6) is 17.2 Å². The van der Waals surface area contributed by atoms with Gasteiger partial charge in [0.15, 0.2) is 0 Å². The van der Waals surface area contributed by atoms with E-state index in [1.54, 1.807) is 36.4 Å². The molecular weight excluding hydrogens is 342 g/mol. The zero-order chi connectivity index (χ0) is 18.0. The lowest BCUT2D eigenvalue weighted by atomic mass is 10.2. The van der Waals surface area contributed by atoms with Crippen molar-refractivity contribution in [2.45, 2.75) is 0 Å². The van der Waals surface area contributed by atoms with Crippen LogP contribution < -0.4 is 14.4 Å². The minimum atomic E-state index is -0.443. The number of rotatable bonds is 4. The van der Waals surface area contributed by atoms with Crippen LogP contribution in [0.15, 0.2) is 47.4 Å². The van der Waals surface area contributed by atoms with E-state index in [0.29, 0.717) is 22.7 Å². The molecule has 0 aromatic heterocycles. The number of aromatic hydroxyl groups is 1. The first kappa shape index (κ1) is 16.9. The first-order valence-electron chi connectivity index (χ1n) is 7.32. The van der Waals surface area contributed by atoms with E-state index in [2.05, 4.69) is 0 Å². The minimum absolute atomic E-state index is 0.0878. The number of phenolic OH excluding ortho intramolecular Hbond substituents is 1. The highest BCUT2D eigenvalue weighted by atomic mass is 32.2. The second-order valence-corrected chi connectivity index (χ2v) is 6.14. The summed E-state index contributed by atoms with van der Waals surface area (Å²) in [5.74, 6) is 0.565. The molecule has 1 fully saturated rings. The van der Waals surface area contributed by atoms with Crippen LogP contribution in [-0.2, 0) is 4.79 Å². The fourth-order valence-electron chi connectivity index (χ4n) is 2.41. The van der Waals surface area contributed by atoms with Gasteiger partial charge < -0.3 is 14.6 Å². The Kier molecular flexibility index (Phi) is 4.67. The molecule has 0 radical (unpaired) electrons. The van der Waals surface area contributed by atoms with Gasteiger partial charge in [-0.3, -0.25) is 9.59 Å². The number of carbonyl (C=O) groups excluding carboxylic acids is 2. The Balaban J connectivity index is 1.97. The van der Waals surface area contributed by atoms with Gasteiger partial charge in [-0.05, 0) is 47.7 Å². The molecule has 25 heavy (non-hydrogen) atoms. The van der Waals surface area contributed by atoms with E-state index in [-0.39, 0.29) is 10.7 Å². The second-order valence-electron chi connectivity index (χ2n) is 5.15. The molecule has 7 heteroatoms. The molecule has 0 saturated carbocycles. The van der Waals surface area contributed by atoms with Crippen LogP contribution in [0.3, 0.4) is 0 Å². The lowest BCUT2D eigenvalue weighted by Gasteiger charge is -2.16. The van der Waals surface area contributed by atoms with E-state index in [4.69, 9.17) is 9.47 Å². The van der Waals surface area contributed by atoms with Crippen LogP contribution >= 0.6 is 11.8 Å². The molecular formula is C18H15NO5S. The molecule has 1 aliphatic heterocycles. The minimum Gasteiger partial charge on any atom is -0.508 e. The van der Waals surface area contributed by atoms with Crippen molar-refractivity contribution in [2.75, 3.05) is 19.1 Å². The smallest absolute Gasteiger partial charge is 0.298 e. The van der Waals surface area contributed by atoms with Crippen molar-refractivity contribution in [1.82, 2.24) is 0 Å². The first-order chi connectivity index (χ1) is 12.0. The zero-order valence-electron chi connectivity index (χ0n) is 13.6. The Morgan fingerprint density at radius 2 is 1.88 bits per heavy atom. The Bertz CT molecular complexity index is 878. The Morgan fingerprint density at radius 1 is 1.08 bits per heavy atom. The van der Waals surface area contributed by atoms with E-state index in [1.165, 1.54) is 26.4 Å². The topological polar surface area (TPSA) is 76.1 Å². The van der Waals surface area contributed by atoms with Gasteiger partial charge in [-0.25, -0.2) is 4.90 Å². The van der Waals surface area contributed by atoms with Crippen LogP contribution in [0.2, 0.25) is 0 Å². The molecule has 0 atom stereocenters. The summed E-state index contributed by atoms with van der Waals surface area (Å²) in [6, 6.07) is 11.3. The highest BCUT2D eigenvalue weighted by Gasteiger charge is 2.37. The van der Waals surface area contributed by atoms with Crippen LogP contribution in [0.4, 0.5) is 10.5 Å². The maximum Gasteiger partial charge on any atom is 0.298 e. The van der Waals surface area contributed by atoms with E-state index < -0.39 is 11.1 Å². The van der Waals surface area contributed by atoms with E-state index >= 15 is 0 Å². The third kappa shape index (κ3) is 3.32. The van der Waals surface area contributed by atoms with Crippen molar-refractivity contribution in [3.05, 3.63) is 52.9 Å². The highest BCUT2D eigenvalue weighted by Crippen LogP contribution is 2.41. The number of carbonyl (C=O) groups is 2. The van der Waals surface area contributed by atoms with Gasteiger partial charge in [-0.1, -0.05) is 12.1 Å². The molecule has 1 heterocycles. The molecule has 0 unspecified atom stereocenters. The molecule has 1 saturated heterocycles. The van der Waals surface area contributed by atoms with Gasteiger partial charge in [0, 0.05) is 6.07 Å². The van der Waals surface area contributed by atoms with Gasteiger partial charge >= 0.3 is 0 Å². The third-order valence-electron chi connectivity index (χ3n) is 3.59. The van der Waals surface area contributed by atoms with Gasteiger partial charge in [0.25, 0.3) is 11.1 Å². The maximum absolute atomic E-state index is 12.7. The standard InChI is InChI=1S/C18H15NO5S/c1-23-13-6-7-14(15(10-13)24-2)19-17(21)16(25-18(19)22)9-11-4-3-5-12(20)8-11/h3-10,20H,1-2H3/b16-9-. The van der Waals surface area contributed by atoms with Crippen molar-refractivity contribution >= 4 is 34.7 Å². The lowest BCUT2D eigenvalue weighted by Crippen LogP contribution is -2.28. The SMILES string of the molecule is COc1ccc(N2C(=O)S/C(=C\c3cccc(O)c3)C2=O)c(OC)c1. The van der Waals surface area contributed by atoms with Crippen molar-refractivity contribution < 1.29 is 24.2 Å². The predicted molar refractivity (Wildman–Crippen MR) is 96.1 cm³/mol. The van der Waals surface area contributed by atoms with Crippen LogP contribution in [-0.4, -0.2) is 30.5 Å². The third-order valence-corrected chi connectivity index (χ3v) is 4.46. The number of hydrogen-bond donors (Lipinski definition) is 1. The Labute approximate surface area is 148 Å². The van der Waals surface area contributed by atoms with Crippen molar-refractivity contribution in [3.8, 4) is 17.2 Å². The van der Waals surface area contributed by atoms with Crippen molar-refractivity contribution in [3.63, 3.8) is 0 Å². The van der Waals surface area contributed by atoms with Crippen LogP contribution in [0.25, 0.3) is 6.08 Å². The number of imide groups is 1. The summed E-state index contributed by atoms with van der Waals surface area (Å²) in [5.41, 5.74) is 0.984. The lowest BCUT2D eigenvalue weighted by molar-refractivity contribution is -0.113. The van der Waals surface area contributed by atoms with Crippen LogP contribution in [0, 0.1) is 0 Å². The predicted octanol–water partition coefficient (Wildman–Crippen LogP) is 3.65. The summed E-state index contributed by atoms with van der Waals surface area (Å²) >= 11 is 0.837. The quantitative estimate of drug-likeness (QED) is 0.842. The number of nitrogens with zero attached hydrogens (tertiary/aromatic N) is 1. The van der Waals surface area contributed by atoms with Gasteiger partial charge in [0.05, 0.1) is 24.8 Å². The number of anilines is 1. The molecule has 0 aliphatic carbocycles. The largest absolute Gasteiger partial charge is 0.508 e. The maximum atomic E-state index is 12.7. The molecule has 2 amide bonds. The monoisotopic (exact) mass is 357 g/mol. The van der Waals surface area contributed by atoms with Gasteiger partial charge in [0.2, 0.25) is 0 Å². The van der Waals surface area contributed by atoms with E-state index in [1.807, 2.05) is 0 Å². The average molecular weight is 357 g/mol. The fraction of sp³-hybridized carbons (Fsp3) is 0.111. The molecule has 0 spiro atoms. The molecule has 0 bridgehead atoms. The van der Waals surface area contributed by atoms with Crippen LogP contribution in [0.1, 0.15) is 5.56 Å². The summed E-state index contributed by atoms with van der Waals surface area (Å²) in [6.45, 7) is 0. The number of hydrogen-bond acceptors (Lipinski definition) is 6. The number of methoxy groups -OCH3 is 2. The first-order valence-corrected chi connectivity index (χ1v) is 8.14. The highest BCUT2D eigenvalue weighted by molar-refractivity contribution is 8.19. The molecule has 1 N–H and O–H groups in total. The van der Waals surface area contributed by atoms with Gasteiger partial charge in [0.1, 0.15) is 17.2 Å². The molecule has 128 valence electrons. The summed E-state index contributed by atoms with van der Waals surface area (Å²) in [7, 11) is 2.98. The van der Waals surface area contributed by atoms with Crippen molar-refractivity contribution in [2.24, 2.45) is 0 Å². The van der Waals surface area contributed by atoms with Gasteiger partial charge in [-0.15, -0.1) is 0 Å². The summed E-state index contributed by atoms with van der Waals surface area (Å²) in [6.07, 6.45) is 1.57. The molecule has 1 aliphatic rings. The fourth-order valence-corrected chi connectivity index (χ4v) is 3.25. The summed E-state index contributed by atoms with van der Waals surface area (Å²) in [4.78, 5) is 26.4. The number of ether oxygens (including phenoxy) is 2. The van der Waals surface area contributed by atoms with E-state index in [9.17, 15) is 14.7 Å². The summed E-state index contributed by atoms with van der Waals surface area (Å²) in [5, 5.41) is 9.11.